The molecule has 0 radical (unpaired) electrons. The van der Waals surface area contributed by atoms with Gasteiger partial charge in [-0.3, -0.25) is 4.79 Å². The summed E-state index contributed by atoms with van der Waals surface area (Å²) in [6.45, 7) is 1.90. The molecule has 1 aliphatic heterocycles. The lowest BCUT2D eigenvalue weighted by Gasteiger charge is -2.12. The van der Waals surface area contributed by atoms with E-state index in [9.17, 15) is 9.18 Å². The fraction of sp³-hybridized carbons (Fsp3) is 0.278. The van der Waals surface area contributed by atoms with Gasteiger partial charge in [-0.15, -0.1) is 0 Å². The van der Waals surface area contributed by atoms with Gasteiger partial charge in [-0.1, -0.05) is 18.2 Å². The van der Waals surface area contributed by atoms with E-state index in [0.717, 1.165) is 18.7 Å². The van der Waals surface area contributed by atoms with Crippen LogP contribution in [-0.2, 0) is 6.42 Å². The molecule has 1 unspecified atom stereocenters. The lowest BCUT2D eigenvalue weighted by molar-refractivity contribution is 0.0953. The number of benzene rings is 2. The van der Waals surface area contributed by atoms with Gasteiger partial charge in [-0.25, -0.2) is 4.39 Å². The quantitative estimate of drug-likeness (QED) is 0.803. The molecule has 0 saturated heterocycles. The predicted octanol–water partition coefficient (Wildman–Crippen LogP) is 2.15. The molecule has 1 amide bonds. The summed E-state index contributed by atoms with van der Waals surface area (Å²) in [5, 5.41) is 6.07. The highest BCUT2D eigenvalue weighted by Crippen LogP contribution is 2.27. The Morgan fingerprint density at radius 1 is 1.13 bits per heavy atom. The molecule has 1 heterocycles. The smallest absolute Gasteiger partial charge is 0.251 e. The highest BCUT2D eigenvalue weighted by molar-refractivity contribution is 5.94. The van der Waals surface area contributed by atoms with Crippen molar-refractivity contribution in [2.24, 2.45) is 0 Å². The molecular weight excluding hydrogens is 295 g/mol. The van der Waals surface area contributed by atoms with Crippen LogP contribution < -0.4 is 15.4 Å². The molecule has 5 heteroatoms. The molecule has 1 aliphatic rings. The summed E-state index contributed by atoms with van der Waals surface area (Å²) >= 11 is 0. The maximum absolute atomic E-state index is 12.8. The topological polar surface area (TPSA) is 50.4 Å². The highest BCUT2D eigenvalue weighted by atomic mass is 19.1. The predicted molar refractivity (Wildman–Crippen MR) is 86.2 cm³/mol. The standard InChI is InChI=1S/C18H19FN2O2/c19-15-7-5-13(6-8-15)18(22)21-10-9-20-12-16-11-14-3-1-2-4-17(14)23-16/h1-8,16,20H,9-12H2,(H,21,22). The molecule has 4 nitrogen and oxygen atoms in total. The molecule has 0 fully saturated rings. The molecule has 0 bridgehead atoms. The minimum atomic E-state index is -0.347. The van der Waals surface area contributed by atoms with Crippen LogP contribution in [0.4, 0.5) is 4.39 Å². The zero-order valence-electron chi connectivity index (χ0n) is 12.7. The average molecular weight is 314 g/mol. The van der Waals surface area contributed by atoms with Gasteiger partial charge in [-0.05, 0) is 35.9 Å². The van der Waals surface area contributed by atoms with Crippen molar-refractivity contribution >= 4 is 5.91 Å². The van der Waals surface area contributed by atoms with Gasteiger partial charge in [0.2, 0.25) is 0 Å². The second kappa shape index (κ2) is 7.24. The number of carbonyl (C=O) groups excluding carboxylic acids is 1. The number of carbonyl (C=O) groups is 1. The zero-order chi connectivity index (χ0) is 16.1. The van der Waals surface area contributed by atoms with Crippen LogP contribution in [0.2, 0.25) is 0 Å². The van der Waals surface area contributed by atoms with Gasteiger partial charge in [0.1, 0.15) is 17.7 Å². The summed E-state index contributed by atoms with van der Waals surface area (Å²) in [5.41, 5.74) is 1.70. The molecule has 2 aromatic rings. The molecule has 120 valence electrons. The van der Waals surface area contributed by atoms with Crippen molar-refractivity contribution in [1.82, 2.24) is 10.6 Å². The largest absolute Gasteiger partial charge is 0.488 e. The van der Waals surface area contributed by atoms with E-state index in [2.05, 4.69) is 16.7 Å². The van der Waals surface area contributed by atoms with Crippen molar-refractivity contribution in [2.75, 3.05) is 19.6 Å². The lowest BCUT2D eigenvalue weighted by Crippen LogP contribution is -2.36. The van der Waals surface area contributed by atoms with Crippen molar-refractivity contribution < 1.29 is 13.9 Å². The number of rotatable bonds is 6. The van der Waals surface area contributed by atoms with Gasteiger partial charge in [0, 0.05) is 31.6 Å². The first-order valence-electron chi connectivity index (χ1n) is 7.71. The Balaban J connectivity index is 1.33. The summed E-state index contributed by atoms with van der Waals surface area (Å²) in [6.07, 6.45) is 1.05. The van der Waals surface area contributed by atoms with E-state index in [1.807, 2.05) is 18.2 Å². The van der Waals surface area contributed by atoms with Crippen LogP contribution in [-0.4, -0.2) is 31.6 Å². The first kappa shape index (κ1) is 15.5. The van der Waals surface area contributed by atoms with Crippen LogP contribution in [0.5, 0.6) is 5.75 Å². The van der Waals surface area contributed by atoms with Crippen LogP contribution in [0, 0.1) is 5.82 Å². The van der Waals surface area contributed by atoms with Crippen molar-refractivity contribution in [3.8, 4) is 5.75 Å². The van der Waals surface area contributed by atoms with E-state index in [-0.39, 0.29) is 17.8 Å². The average Bonchev–Trinajstić information content (AvgIpc) is 2.97. The first-order valence-corrected chi connectivity index (χ1v) is 7.71. The molecule has 2 aromatic carbocycles. The monoisotopic (exact) mass is 314 g/mol. The Kier molecular flexibility index (Phi) is 4.88. The number of para-hydroxylation sites is 1. The second-order valence-electron chi connectivity index (χ2n) is 5.52. The van der Waals surface area contributed by atoms with Crippen LogP contribution in [0.25, 0.3) is 0 Å². The maximum atomic E-state index is 12.8. The van der Waals surface area contributed by atoms with E-state index in [4.69, 9.17) is 4.74 Å². The van der Waals surface area contributed by atoms with Gasteiger partial charge in [-0.2, -0.15) is 0 Å². The van der Waals surface area contributed by atoms with E-state index in [1.54, 1.807) is 0 Å². The van der Waals surface area contributed by atoms with E-state index >= 15 is 0 Å². The maximum Gasteiger partial charge on any atom is 0.251 e. The molecule has 0 aromatic heterocycles. The third-order valence-electron chi connectivity index (χ3n) is 3.78. The minimum absolute atomic E-state index is 0.139. The summed E-state index contributed by atoms with van der Waals surface area (Å²) in [6, 6.07) is 13.6. The fourth-order valence-electron chi connectivity index (χ4n) is 2.60. The number of ether oxygens (including phenoxy) is 1. The Morgan fingerprint density at radius 3 is 2.70 bits per heavy atom. The molecule has 23 heavy (non-hydrogen) atoms. The van der Waals surface area contributed by atoms with Gasteiger partial charge in [0.15, 0.2) is 0 Å². The number of hydrogen-bond donors (Lipinski definition) is 2. The van der Waals surface area contributed by atoms with Crippen molar-refractivity contribution in [3.05, 3.63) is 65.5 Å². The number of fused-ring (bicyclic) bond motifs is 1. The minimum Gasteiger partial charge on any atom is -0.488 e. The third kappa shape index (κ3) is 4.07. The van der Waals surface area contributed by atoms with Gasteiger partial charge in [0.25, 0.3) is 5.91 Å². The van der Waals surface area contributed by atoms with Gasteiger partial charge in [0.05, 0.1) is 0 Å². The fourth-order valence-corrected chi connectivity index (χ4v) is 2.60. The van der Waals surface area contributed by atoms with Gasteiger partial charge >= 0.3 is 0 Å². The van der Waals surface area contributed by atoms with Gasteiger partial charge < -0.3 is 15.4 Å². The molecule has 1 atom stereocenters. The summed E-state index contributed by atoms with van der Waals surface area (Å²) in [5.74, 6) is 0.418. The number of halogens is 1. The third-order valence-corrected chi connectivity index (χ3v) is 3.78. The summed E-state index contributed by atoms with van der Waals surface area (Å²) < 4.78 is 18.6. The normalized spacial score (nSPS) is 15.8. The van der Waals surface area contributed by atoms with E-state index in [1.165, 1.54) is 29.8 Å². The highest BCUT2D eigenvalue weighted by Gasteiger charge is 2.21. The molecule has 3 rings (SSSR count). The van der Waals surface area contributed by atoms with Crippen molar-refractivity contribution in [1.29, 1.82) is 0 Å². The number of hydrogen-bond acceptors (Lipinski definition) is 3. The van der Waals surface area contributed by atoms with Crippen LogP contribution in [0.15, 0.2) is 48.5 Å². The van der Waals surface area contributed by atoms with Crippen LogP contribution in [0.1, 0.15) is 15.9 Å². The SMILES string of the molecule is O=C(NCCNCC1Cc2ccccc2O1)c1ccc(F)cc1. The van der Waals surface area contributed by atoms with E-state index < -0.39 is 0 Å². The summed E-state index contributed by atoms with van der Waals surface area (Å²) in [4.78, 5) is 11.8. The molecule has 0 aliphatic carbocycles. The Morgan fingerprint density at radius 2 is 1.91 bits per heavy atom. The first-order chi connectivity index (χ1) is 11.2. The molecule has 0 saturated carbocycles. The van der Waals surface area contributed by atoms with Crippen molar-refractivity contribution in [2.45, 2.75) is 12.5 Å². The number of nitrogens with one attached hydrogen (secondary N) is 2. The molecule has 0 spiro atoms. The molecular formula is C18H19FN2O2. The van der Waals surface area contributed by atoms with Crippen LogP contribution >= 0.6 is 0 Å². The molecule has 2 N–H and O–H groups in total. The van der Waals surface area contributed by atoms with Crippen LogP contribution in [0.3, 0.4) is 0 Å². The number of amides is 1. The zero-order valence-corrected chi connectivity index (χ0v) is 12.7. The Bertz CT molecular complexity index is 648. The Labute approximate surface area is 134 Å². The van der Waals surface area contributed by atoms with Crippen molar-refractivity contribution in [3.63, 3.8) is 0 Å². The second-order valence-corrected chi connectivity index (χ2v) is 5.52. The van der Waals surface area contributed by atoms with E-state index in [0.29, 0.717) is 18.7 Å². The summed E-state index contributed by atoms with van der Waals surface area (Å²) in [7, 11) is 0. The lowest BCUT2D eigenvalue weighted by atomic mass is 10.1. The Hall–Kier alpha value is -2.40.